The van der Waals surface area contributed by atoms with Gasteiger partial charge in [0.05, 0.1) is 4.88 Å². The summed E-state index contributed by atoms with van der Waals surface area (Å²) in [5.74, 6) is 0. The first-order chi connectivity index (χ1) is 9.72. The number of benzene rings is 1. The van der Waals surface area contributed by atoms with Crippen molar-refractivity contribution in [3.05, 3.63) is 52.5 Å². The summed E-state index contributed by atoms with van der Waals surface area (Å²) in [5, 5.41) is 18.3. The zero-order valence-electron chi connectivity index (χ0n) is 10.9. The summed E-state index contributed by atoms with van der Waals surface area (Å²) >= 11 is 1.46. The van der Waals surface area contributed by atoms with Gasteiger partial charge in [0.15, 0.2) is 5.13 Å². The normalized spacial score (nSPS) is 9.35. The highest BCUT2D eigenvalue weighted by Crippen LogP contribution is 2.24. The van der Waals surface area contributed by atoms with Gasteiger partial charge in [0, 0.05) is 19.8 Å². The quantitative estimate of drug-likeness (QED) is 0.807. The van der Waals surface area contributed by atoms with Gasteiger partial charge in [-0.05, 0) is 11.6 Å². The number of hydrogen-bond donors (Lipinski definition) is 0. The molecule has 0 fully saturated rings. The molecule has 0 N–H and O–H groups in total. The summed E-state index contributed by atoms with van der Waals surface area (Å²) in [6.45, 7) is 0.765. The molecule has 98 valence electrons. The molecule has 2 aromatic rings. The van der Waals surface area contributed by atoms with E-state index in [0.717, 1.165) is 16.6 Å². The highest BCUT2D eigenvalue weighted by atomic mass is 32.1. The van der Waals surface area contributed by atoms with Gasteiger partial charge >= 0.3 is 0 Å². The van der Waals surface area contributed by atoms with Crippen LogP contribution in [0.5, 0.6) is 0 Å². The number of anilines is 1. The fourth-order valence-corrected chi connectivity index (χ4v) is 2.50. The van der Waals surface area contributed by atoms with E-state index >= 15 is 0 Å². The molecule has 0 unspecified atom stereocenters. The van der Waals surface area contributed by atoms with Crippen molar-refractivity contribution >= 4 is 22.5 Å². The number of hydrogen-bond acceptors (Lipinski definition) is 5. The van der Waals surface area contributed by atoms with Gasteiger partial charge in [0.1, 0.15) is 17.7 Å². The Kier molecular flexibility index (Phi) is 4.49. The van der Waals surface area contributed by atoms with Gasteiger partial charge in [-0.25, -0.2) is 4.98 Å². The fourth-order valence-electron chi connectivity index (χ4n) is 1.68. The third-order valence-electron chi connectivity index (χ3n) is 2.63. The molecule has 0 atom stereocenters. The molecule has 0 aliphatic rings. The maximum atomic E-state index is 8.73. The minimum atomic E-state index is 0.0888. The lowest BCUT2D eigenvalue weighted by Gasteiger charge is -2.15. The second-order valence-electron chi connectivity index (χ2n) is 4.17. The Labute approximate surface area is 121 Å². The number of nitriles is 2. The van der Waals surface area contributed by atoms with Crippen LogP contribution in [-0.2, 0) is 6.54 Å². The van der Waals surface area contributed by atoms with Crippen LogP contribution in [0.2, 0.25) is 0 Å². The van der Waals surface area contributed by atoms with Crippen LogP contribution in [0.4, 0.5) is 5.13 Å². The Bertz CT molecular complexity index is 673. The lowest BCUT2D eigenvalue weighted by molar-refractivity contribution is 0.915. The first kappa shape index (κ1) is 13.8. The second kappa shape index (κ2) is 6.51. The number of allylic oxidation sites excluding steroid dienone is 1. The Balaban J connectivity index is 2.11. The third kappa shape index (κ3) is 3.44. The molecule has 0 spiro atoms. The number of thiazole rings is 1. The van der Waals surface area contributed by atoms with Gasteiger partial charge in [0.25, 0.3) is 0 Å². The molecular formula is C15H12N4S. The van der Waals surface area contributed by atoms with E-state index in [4.69, 9.17) is 10.5 Å². The lowest BCUT2D eigenvalue weighted by Crippen LogP contribution is -2.15. The summed E-state index contributed by atoms with van der Waals surface area (Å²) < 4.78 is 0. The molecule has 0 amide bonds. The van der Waals surface area contributed by atoms with E-state index < -0.39 is 0 Å². The number of nitrogens with zero attached hydrogens (tertiary/aromatic N) is 4. The molecule has 0 bridgehead atoms. The molecule has 1 aromatic carbocycles. The first-order valence-corrected chi connectivity index (χ1v) is 6.77. The fraction of sp³-hybridized carbons (Fsp3) is 0.133. The molecule has 0 radical (unpaired) electrons. The van der Waals surface area contributed by atoms with Gasteiger partial charge in [-0.2, -0.15) is 10.5 Å². The van der Waals surface area contributed by atoms with Crippen LogP contribution in [0.3, 0.4) is 0 Å². The molecule has 2 rings (SSSR count). The largest absolute Gasteiger partial charge is 0.347 e. The smallest absolute Gasteiger partial charge is 0.185 e. The van der Waals surface area contributed by atoms with Crippen molar-refractivity contribution in [2.75, 3.05) is 11.9 Å². The molecule has 0 saturated heterocycles. The van der Waals surface area contributed by atoms with E-state index in [0.29, 0.717) is 0 Å². The van der Waals surface area contributed by atoms with Crippen LogP contribution in [0.1, 0.15) is 10.4 Å². The van der Waals surface area contributed by atoms with Crippen molar-refractivity contribution in [3.8, 4) is 12.1 Å². The molecule has 0 aliphatic heterocycles. The molecule has 0 aliphatic carbocycles. The molecule has 1 heterocycles. The highest BCUT2D eigenvalue weighted by molar-refractivity contribution is 7.16. The minimum absolute atomic E-state index is 0.0888. The average molecular weight is 280 g/mol. The summed E-state index contributed by atoms with van der Waals surface area (Å²) in [6.07, 6.45) is 3.23. The van der Waals surface area contributed by atoms with Crippen LogP contribution in [-0.4, -0.2) is 12.0 Å². The minimum Gasteiger partial charge on any atom is -0.347 e. The third-order valence-corrected chi connectivity index (χ3v) is 3.69. The van der Waals surface area contributed by atoms with Crippen LogP contribution in [0.25, 0.3) is 6.08 Å². The standard InChI is InChI=1S/C15H12N4S/c1-19(11-12-5-3-2-4-6-12)15-18-10-14(20-15)7-13(8-16)9-17/h2-7,10H,11H2,1H3. The highest BCUT2D eigenvalue weighted by Gasteiger charge is 2.07. The Morgan fingerprint density at radius 2 is 2.00 bits per heavy atom. The molecule has 5 heteroatoms. The summed E-state index contributed by atoms with van der Waals surface area (Å²) in [7, 11) is 1.97. The van der Waals surface area contributed by atoms with Gasteiger partial charge in [-0.15, -0.1) is 0 Å². The Morgan fingerprint density at radius 3 is 2.65 bits per heavy atom. The van der Waals surface area contributed by atoms with Crippen molar-refractivity contribution in [3.63, 3.8) is 0 Å². The monoisotopic (exact) mass is 280 g/mol. The van der Waals surface area contributed by atoms with E-state index in [9.17, 15) is 0 Å². The second-order valence-corrected chi connectivity index (χ2v) is 5.21. The van der Waals surface area contributed by atoms with Gasteiger partial charge in [-0.3, -0.25) is 0 Å². The van der Waals surface area contributed by atoms with E-state index in [-0.39, 0.29) is 5.57 Å². The SMILES string of the molecule is CN(Cc1ccccc1)c1ncc(C=C(C#N)C#N)s1. The summed E-state index contributed by atoms with van der Waals surface area (Å²) in [4.78, 5) is 7.16. The van der Waals surface area contributed by atoms with Gasteiger partial charge in [-0.1, -0.05) is 41.7 Å². The van der Waals surface area contributed by atoms with Gasteiger partial charge in [0.2, 0.25) is 0 Å². The maximum absolute atomic E-state index is 8.73. The number of aromatic nitrogens is 1. The van der Waals surface area contributed by atoms with Crippen molar-refractivity contribution in [2.24, 2.45) is 0 Å². The zero-order valence-corrected chi connectivity index (χ0v) is 11.8. The molecule has 1 aromatic heterocycles. The average Bonchev–Trinajstić information content (AvgIpc) is 2.94. The maximum Gasteiger partial charge on any atom is 0.185 e. The number of rotatable bonds is 4. The molecular weight excluding hydrogens is 268 g/mol. The van der Waals surface area contributed by atoms with Crippen molar-refractivity contribution < 1.29 is 0 Å². The molecule has 0 saturated carbocycles. The lowest BCUT2D eigenvalue weighted by atomic mass is 10.2. The van der Waals surface area contributed by atoms with Crippen LogP contribution >= 0.6 is 11.3 Å². The van der Waals surface area contributed by atoms with E-state index in [1.807, 2.05) is 42.3 Å². The van der Waals surface area contributed by atoms with E-state index in [1.54, 1.807) is 12.3 Å². The molecule has 4 nitrogen and oxygen atoms in total. The Morgan fingerprint density at radius 1 is 1.30 bits per heavy atom. The van der Waals surface area contributed by atoms with Gasteiger partial charge < -0.3 is 4.90 Å². The van der Waals surface area contributed by atoms with Crippen LogP contribution in [0, 0.1) is 22.7 Å². The Hall–Kier alpha value is -2.63. The predicted molar refractivity (Wildman–Crippen MR) is 79.9 cm³/mol. The predicted octanol–water partition coefficient (Wildman–Crippen LogP) is 3.21. The van der Waals surface area contributed by atoms with Crippen molar-refractivity contribution in [2.45, 2.75) is 6.54 Å². The first-order valence-electron chi connectivity index (χ1n) is 5.95. The van der Waals surface area contributed by atoms with Crippen molar-refractivity contribution in [1.29, 1.82) is 10.5 Å². The van der Waals surface area contributed by atoms with Crippen molar-refractivity contribution in [1.82, 2.24) is 4.98 Å². The van der Waals surface area contributed by atoms with Crippen LogP contribution < -0.4 is 4.90 Å². The topological polar surface area (TPSA) is 63.7 Å². The summed E-state index contributed by atoms with van der Waals surface area (Å²) in [5.41, 5.74) is 1.29. The zero-order chi connectivity index (χ0) is 14.4. The van der Waals surface area contributed by atoms with E-state index in [2.05, 4.69) is 17.1 Å². The molecule has 20 heavy (non-hydrogen) atoms. The van der Waals surface area contributed by atoms with Crippen LogP contribution in [0.15, 0.2) is 42.1 Å². The summed E-state index contributed by atoms with van der Waals surface area (Å²) in [6, 6.07) is 13.8. The van der Waals surface area contributed by atoms with E-state index in [1.165, 1.54) is 16.9 Å².